The lowest BCUT2D eigenvalue weighted by atomic mass is 10.1. The van der Waals surface area contributed by atoms with Gasteiger partial charge < -0.3 is 10.2 Å². The number of nitrogens with zero attached hydrogens (tertiary/aromatic N) is 1. The number of nitrogens with one attached hydrogen (secondary N) is 1. The molecule has 2 nitrogen and oxygen atoms in total. The fourth-order valence-corrected chi connectivity index (χ4v) is 1.72. The van der Waals surface area contributed by atoms with Gasteiger partial charge in [-0.15, -0.1) is 0 Å². The number of hydrogen-bond acceptors (Lipinski definition) is 2. The lowest BCUT2D eigenvalue weighted by Crippen LogP contribution is -2.32. The minimum Gasteiger partial charge on any atom is -0.313 e. The van der Waals surface area contributed by atoms with Crippen LogP contribution in [0, 0.1) is 12.7 Å². The Morgan fingerprint density at radius 1 is 1.35 bits per heavy atom. The fourth-order valence-electron chi connectivity index (χ4n) is 1.72. The molecule has 0 saturated heterocycles. The number of aryl methyl sites for hydroxylation is 1. The summed E-state index contributed by atoms with van der Waals surface area (Å²) in [5.41, 5.74) is 2.21. The first kappa shape index (κ1) is 14.1. The highest BCUT2D eigenvalue weighted by Crippen LogP contribution is 2.11. The second-order valence-corrected chi connectivity index (χ2v) is 4.92. The van der Waals surface area contributed by atoms with E-state index in [1.807, 2.05) is 13.0 Å². The summed E-state index contributed by atoms with van der Waals surface area (Å²) in [4.78, 5) is 2.21. The van der Waals surface area contributed by atoms with Gasteiger partial charge in [0.15, 0.2) is 0 Å². The average Bonchev–Trinajstić information content (AvgIpc) is 2.23. The van der Waals surface area contributed by atoms with E-state index in [0.717, 1.165) is 30.8 Å². The standard InChI is InChI=1S/C14H23FN2/c1-11(2)16-7-8-17(4)10-13-9-14(15)6-5-12(13)3/h5-6,9,11,16H,7-8,10H2,1-4H3. The van der Waals surface area contributed by atoms with E-state index in [4.69, 9.17) is 0 Å². The maximum atomic E-state index is 13.1. The molecule has 0 heterocycles. The molecular formula is C14H23FN2. The summed E-state index contributed by atoms with van der Waals surface area (Å²) in [6.07, 6.45) is 0. The molecule has 0 unspecified atom stereocenters. The molecule has 0 aliphatic heterocycles. The van der Waals surface area contributed by atoms with Crippen molar-refractivity contribution in [1.82, 2.24) is 10.2 Å². The molecule has 1 N–H and O–H groups in total. The van der Waals surface area contributed by atoms with Crippen LogP contribution in [0.15, 0.2) is 18.2 Å². The molecule has 0 aliphatic rings. The molecular weight excluding hydrogens is 215 g/mol. The van der Waals surface area contributed by atoms with Crippen LogP contribution in [0.2, 0.25) is 0 Å². The highest BCUT2D eigenvalue weighted by atomic mass is 19.1. The van der Waals surface area contributed by atoms with Gasteiger partial charge in [0.1, 0.15) is 5.82 Å². The van der Waals surface area contributed by atoms with Crippen molar-refractivity contribution in [1.29, 1.82) is 0 Å². The maximum Gasteiger partial charge on any atom is 0.123 e. The Hall–Kier alpha value is -0.930. The zero-order valence-corrected chi connectivity index (χ0v) is 11.3. The summed E-state index contributed by atoms with van der Waals surface area (Å²) in [5, 5.41) is 3.37. The normalized spacial score (nSPS) is 11.5. The van der Waals surface area contributed by atoms with Gasteiger partial charge in [0.25, 0.3) is 0 Å². The van der Waals surface area contributed by atoms with E-state index >= 15 is 0 Å². The predicted octanol–water partition coefficient (Wildman–Crippen LogP) is 2.56. The minimum atomic E-state index is -0.153. The fraction of sp³-hybridized carbons (Fsp3) is 0.571. The topological polar surface area (TPSA) is 15.3 Å². The first-order chi connectivity index (χ1) is 7.99. The molecule has 3 heteroatoms. The van der Waals surface area contributed by atoms with Crippen LogP contribution in [0.1, 0.15) is 25.0 Å². The summed E-state index contributed by atoms with van der Waals surface area (Å²) in [6.45, 7) is 9.02. The van der Waals surface area contributed by atoms with Gasteiger partial charge >= 0.3 is 0 Å². The van der Waals surface area contributed by atoms with E-state index in [9.17, 15) is 4.39 Å². The molecule has 0 radical (unpaired) electrons. The highest BCUT2D eigenvalue weighted by Gasteiger charge is 2.04. The Balaban J connectivity index is 2.44. The molecule has 0 bridgehead atoms. The van der Waals surface area contributed by atoms with Crippen molar-refractivity contribution in [2.75, 3.05) is 20.1 Å². The monoisotopic (exact) mass is 238 g/mol. The summed E-state index contributed by atoms with van der Waals surface area (Å²) in [5.74, 6) is -0.153. The number of benzene rings is 1. The van der Waals surface area contributed by atoms with Crippen LogP contribution in [0.4, 0.5) is 4.39 Å². The molecule has 1 aromatic carbocycles. The van der Waals surface area contributed by atoms with E-state index in [-0.39, 0.29) is 5.82 Å². The Bertz CT molecular complexity index is 350. The van der Waals surface area contributed by atoms with Crippen molar-refractivity contribution in [2.45, 2.75) is 33.4 Å². The van der Waals surface area contributed by atoms with Gasteiger partial charge in [0.05, 0.1) is 0 Å². The first-order valence-electron chi connectivity index (χ1n) is 6.16. The van der Waals surface area contributed by atoms with Crippen molar-refractivity contribution in [3.8, 4) is 0 Å². The second kappa shape index (κ2) is 6.72. The van der Waals surface area contributed by atoms with Crippen LogP contribution in [-0.2, 0) is 6.54 Å². The molecule has 0 spiro atoms. The third-order valence-corrected chi connectivity index (χ3v) is 2.80. The van der Waals surface area contributed by atoms with Crippen LogP contribution in [0.3, 0.4) is 0 Å². The molecule has 1 rings (SSSR count). The molecule has 17 heavy (non-hydrogen) atoms. The highest BCUT2D eigenvalue weighted by molar-refractivity contribution is 5.26. The van der Waals surface area contributed by atoms with Gasteiger partial charge in [0, 0.05) is 25.7 Å². The van der Waals surface area contributed by atoms with E-state index < -0.39 is 0 Å². The summed E-state index contributed by atoms with van der Waals surface area (Å²) in [6, 6.07) is 5.49. The van der Waals surface area contributed by atoms with E-state index in [1.165, 1.54) is 6.07 Å². The largest absolute Gasteiger partial charge is 0.313 e. The van der Waals surface area contributed by atoms with Crippen LogP contribution in [-0.4, -0.2) is 31.1 Å². The van der Waals surface area contributed by atoms with Crippen molar-refractivity contribution >= 4 is 0 Å². The molecule has 0 fully saturated rings. The predicted molar refractivity (Wildman–Crippen MR) is 70.6 cm³/mol. The van der Waals surface area contributed by atoms with E-state index in [2.05, 4.69) is 31.1 Å². The van der Waals surface area contributed by atoms with Crippen LogP contribution < -0.4 is 5.32 Å². The van der Waals surface area contributed by atoms with Gasteiger partial charge in [-0.2, -0.15) is 0 Å². The summed E-state index contributed by atoms with van der Waals surface area (Å²) < 4.78 is 13.1. The average molecular weight is 238 g/mol. The molecule has 96 valence electrons. The number of halogens is 1. The van der Waals surface area contributed by atoms with E-state index in [0.29, 0.717) is 6.04 Å². The van der Waals surface area contributed by atoms with Gasteiger partial charge in [-0.25, -0.2) is 4.39 Å². The van der Waals surface area contributed by atoms with Crippen molar-refractivity contribution in [3.05, 3.63) is 35.1 Å². The van der Waals surface area contributed by atoms with E-state index in [1.54, 1.807) is 6.07 Å². The Labute approximate surface area is 104 Å². The van der Waals surface area contributed by atoms with Gasteiger partial charge in [-0.1, -0.05) is 19.9 Å². The van der Waals surface area contributed by atoms with Crippen LogP contribution in [0.5, 0.6) is 0 Å². The third kappa shape index (κ3) is 5.29. The zero-order valence-electron chi connectivity index (χ0n) is 11.3. The molecule has 0 atom stereocenters. The summed E-state index contributed by atoms with van der Waals surface area (Å²) >= 11 is 0. The first-order valence-corrected chi connectivity index (χ1v) is 6.16. The lowest BCUT2D eigenvalue weighted by Gasteiger charge is -2.19. The smallest absolute Gasteiger partial charge is 0.123 e. The van der Waals surface area contributed by atoms with Crippen molar-refractivity contribution in [3.63, 3.8) is 0 Å². The molecule has 0 amide bonds. The van der Waals surface area contributed by atoms with Crippen molar-refractivity contribution < 1.29 is 4.39 Å². The Kier molecular flexibility index (Phi) is 5.59. The second-order valence-electron chi connectivity index (χ2n) is 4.92. The molecule has 0 aliphatic carbocycles. The van der Waals surface area contributed by atoms with Crippen LogP contribution >= 0.6 is 0 Å². The minimum absolute atomic E-state index is 0.153. The molecule has 1 aromatic rings. The van der Waals surface area contributed by atoms with Gasteiger partial charge in [0.2, 0.25) is 0 Å². The molecule has 0 aromatic heterocycles. The quantitative estimate of drug-likeness (QED) is 0.819. The third-order valence-electron chi connectivity index (χ3n) is 2.80. The lowest BCUT2D eigenvalue weighted by molar-refractivity contribution is 0.319. The van der Waals surface area contributed by atoms with Gasteiger partial charge in [-0.3, -0.25) is 0 Å². The van der Waals surface area contributed by atoms with Crippen molar-refractivity contribution in [2.24, 2.45) is 0 Å². The zero-order chi connectivity index (χ0) is 12.8. The Morgan fingerprint density at radius 2 is 2.06 bits per heavy atom. The summed E-state index contributed by atoms with van der Waals surface area (Å²) in [7, 11) is 2.06. The maximum absolute atomic E-state index is 13.1. The Morgan fingerprint density at radius 3 is 2.71 bits per heavy atom. The molecule has 0 saturated carbocycles. The number of rotatable bonds is 6. The van der Waals surface area contributed by atoms with Gasteiger partial charge in [-0.05, 0) is 37.2 Å². The number of hydrogen-bond donors (Lipinski definition) is 1. The van der Waals surface area contributed by atoms with Crippen LogP contribution in [0.25, 0.3) is 0 Å². The number of likely N-dealkylation sites (N-methyl/N-ethyl adjacent to an activating group) is 1. The SMILES string of the molecule is Cc1ccc(F)cc1CN(C)CCNC(C)C.